The lowest BCUT2D eigenvalue weighted by Gasteiger charge is -2.35. The first kappa shape index (κ1) is 17.5. The minimum absolute atomic E-state index is 0.0481. The third-order valence-corrected chi connectivity index (χ3v) is 4.78. The lowest BCUT2D eigenvalue weighted by Crippen LogP contribution is -2.29. The second-order valence-electron chi connectivity index (χ2n) is 6.91. The largest absolute Gasteiger partial charge is 0.504 e. The maximum absolute atomic E-state index is 12.0. The van der Waals surface area contributed by atoms with Crippen molar-refractivity contribution in [3.63, 3.8) is 0 Å². The molecule has 134 valence electrons. The Morgan fingerprint density at radius 3 is 2.48 bits per heavy atom. The predicted octanol–water partition coefficient (Wildman–Crippen LogP) is 2.61. The third kappa shape index (κ3) is 3.85. The van der Waals surface area contributed by atoms with Gasteiger partial charge in [-0.05, 0) is 50.9 Å². The zero-order chi connectivity index (χ0) is 18.0. The maximum Gasteiger partial charge on any atom is 0.336 e. The Labute approximate surface area is 147 Å². The van der Waals surface area contributed by atoms with E-state index in [0.29, 0.717) is 17.2 Å². The molecule has 1 heterocycles. The number of hydrogen-bond acceptors (Lipinski definition) is 6. The van der Waals surface area contributed by atoms with Crippen LogP contribution in [0.15, 0.2) is 24.3 Å². The van der Waals surface area contributed by atoms with Crippen molar-refractivity contribution in [2.45, 2.75) is 31.6 Å². The highest BCUT2D eigenvalue weighted by molar-refractivity contribution is 5.94. The molecule has 2 aliphatic rings. The summed E-state index contributed by atoms with van der Waals surface area (Å²) in [5, 5.41) is 10.3. The van der Waals surface area contributed by atoms with Gasteiger partial charge in [-0.3, -0.25) is 0 Å². The van der Waals surface area contributed by atoms with Gasteiger partial charge in [0.2, 0.25) is 0 Å². The molecular formula is C19H23NO5. The molecule has 0 saturated heterocycles. The van der Waals surface area contributed by atoms with Crippen molar-refractivity contribution in [1.29, 1.82) is 0 Å². The van der Waals surface area contributed by atoms with Gasteiger partial charge in [-0.25, -0.2) is 9.59 Å². The van der Waals surface area contributed by atoms with Gasteiger partial charge in [0.05, 0.1) is 0 Å². The second kappa shape index (κ2) is 7.27. The van der Waals surface area contributed by atoms with E-state index < -0.39 is 11.9 Å². The minimum Gasteiger partial charge on any atom is -0.504 e. The summed E-state index contributed by atoms with van der Waals surface area (Å²) in [5.41, 5.74) is 0.622. The molecule has 1 saturated carbocycles. The smallest absolute Gasteiger partial charge is 0.336 e. The summed E-state index contributed by atoms with van der Waals surface area (Å²) in [4.78, 5) is 26.0. The van der Waals surface area contributed by atoms with Crippen LogP contribution in [0.4, 0.5) is 0 Å². The van der Waals surface area contributed by atoms with Crippen molar-refractivity contribution in [3.05, 3.63) is 29.8 Å². The molecule has 1 N–H and O–H groups in total. The lowest BCUT2D eigenvalue weighted by molar-refractivity contribution is -0.131. The van der Waals surface area contributed by atoms with Crippen molar-refractivity contribution in [2.75, 3.05) is 20.6 Å². The zero-order valence-electron chi connectivity index (χ0n) is 14.5. The highest BCUT2D eigenvalue weighted by Crippen LogP contribution is 2.49. The quantitative estimate of drug-likeness (QED) is 0.670. The fourth-order valence-electron chi connectivity index (χ4n) is 3.81. The Balaban J connectivity index is 2.10. The van der Waals surface area contributed by atoms with Gasteiger partial charge in [-0.1, -0.05) is 12.8 Å². The summed E-state index contributed by atoms with van der Waals surface area (Å²) in [6.07, 6.45) is 6.17. The lowest BCUT2D eigenvalue weighted by atomic mass is 9.74. The molecule has 6 nitrogen and oxygen atoms in total. The van der Waals surface area contributed by atoms with Crippen LogP contribution in [-0.4, -0.2) is 42.6 Å². The van der Waals surface area contributed by atoms with E-state index in [4.69, 9.17) is 9.47 Å². The van der Waals surface area contributed by atoms with Crippen molar-refractivity contribution >= 4 is 11.9 Å². The van der Waals surface area contributed by atoms with Crippen molar-refractivity contribution in [1.82, 2.24) is 4.90 Å². The van der Waals surface area contributed by atoms with Crippen LogP contribution in [0, 0.1) is 5.92 Å². The number of carbonyl (C=O) groups is 2. The van der Waals surface area contributed by atoms with Gasteiger partial charge >= 0.3 is 11.9 Å². The number of rotatable bonds is 3. The summed E-state index contributed by atoms with van der Waals surface area (Å²) < 4.78 is 10.8. The number of nitrogens with zero attached hydrogens (tertiary/aromatic N) is 1. The van der Waals surface area contributed by atoms with E-state index in [1.165, 1.54) is 6.07 Å². The molecule has 1 aliphatic carbocycles. The first-order valence-electron chi connectivity index (χ1n) is 8.58. The Bertz CT molecular complexity index is 710. The van der Waals surface area contributed by atoms with Crippen LogP contribution < -0.4 is 9.47 Å². The van der Waals surface area contributed by atoms with Crippen LogP contribution in [0.2, 0.25) is 0 Å². The Kier molecular flexibility index (Phi) is 5.08. The topological polar surface area (TPSA) is 76.1 Å². The molecule has 0 radical (unpaired) electrons. The maximum atomic E-state index is 12.0. The number of ether oxygens (including phenoxy) is 2. The molecule has 2 bridgehead atoms. The molecule has 0 aromatic heterocycles. The van der Waals surface area contributed by atoms with E-state index in [-0.39, 0.29) is 17.4 Å². The Morgan fingerprint density at radius 2 is 1.76 bits per heavy atom. The monoisotopic (exact) mass is 345 g/mol. The van der Waals surface area contributed by atoms with Crippen molar-refractivity contribution in [2.24, 2.45) is 5.92 Å². The van der Waals surface area contributed by atoms with Gasteiger partial charge in [-0.2, -0.15) is 0 Å². The highest BCUT2D eigenvalue weighted by atomic mass is 16.6. The van der Waals surface area contributed by atoms with Crippen LogP contribution in [0.5, 0.6) is 17.2 Å². The minimum atomic E-state index is -0.701. The van der Waals surface area contributed by atoms with Gasteiger partial charge in [0.15, 0.2) is 11.5 Å². The molecule has 2 unspecified atom stereocenters. The summed E-state index contributed by atoms with van der Waals surface area (Å²) in [5.74, 6) is -0.608. The standard InChI is InChI=1S/C19H23NO5/c1-20(2)11-12-5-3-4-6-13(12)18-15-8-7-14(21)19(18)25-17(23)10-9-16(22)24-15/h7-10,12-13,21H,3-6,11H2,1-2H3/b10-9-. The van der Waals surface area contributed by atoms with Crippen LogP contribution in [0.1, 0.15) is 37.2 Å². The molecule has 0 amide bonds. The summed E-state index contributed by atoms with van der Waals surface area (Å²) in [6.45, 7) is 0.874. The molecule has 1 aromatic rings. The van der Waals surface area contributed by atoms with Gasteiger partial charge in [0, 0.05) is 24.3 Å². The average Bonchev–Trinajstić information content (AvgIpc) is 2.60. The SMILES string of the molecule is CN(C)CC1CCCCC1c1c2ccc(O)c1OC(=O)/C=C\C(=O)O2. The van der Waals surface area contributed by atoms with Gasteiger partial charge < -0.3 is 19.5 Å². The zero-order valence-corrected chi connectivity index (χ0v) is 14.5. The van der Waals surface area contributed by atoms with Crippen LogP contribution in [0.25, 0.3) is 0 Å². The van der Waals surface area contributed by atoms with E-state index in [1.54, 1.807) is 6.07 Å². The van der Waals surface area contributed by atoms with Gasteiger partial charge in [0.1, 0.15) is 5.75 Å². The summed E-state index contributed by atoms with van der Waals surface area (Å²) in [7, 11) is 4.04. The Morgan fingerprint density at radius 1 is 1.08 bits per heavy atom. The molecule has 25 heavy (non-hydrogen) atoms. The normalized spacial score (nSPS) is 24.8. The number of phenolic OH excluding ortho intramolecular Hbond substituents is 1. The molecule has 0 spiro atoms. The number of aromatic hydroxyl groups is 1. The average molecular weight is 345 g/mol. The molecule has 1 aromatic carbocycles. The van der Waals surface area contributed by atoms with E-state index in [2.05, 4.69) is 4.90 Å². The number of carbonyl (C=O) groups excluding carboxylic acids is 2. The molecule has 1 aliphatic heterocycles. The van der Waals surface area contributed by atoms with Gasteiger partial charge in [-0.15, -0.1) is 0 Å². The number of esters is 2. The van der Waals surface area contributed by atoms with Crippen molar-refractivity contribution < 1.29 is 24.2 Å². The summed E-state index contributed by atoms with van der Waals surface area (Å²) in [6, 6.07) is 2.96. The predicted molar refractivity (Wildman–Crippen MR) is 91.8 cm³/mol. The molecule has 6 heteroatoms. The van der Waals surface area contributed by atoms with E-state index in [0.717, 1.165) is 44.4 Å². The molecule has 2 atom stereocenters. The highest BCUT2D eigenvalue weighted by Gasteiger charge is 2.34. The fraction of sp³-hybridized carbons (Fsp3) is 0.474. The number of phenols is 1. The Hall–Kier alpha value is -2.34. The van der Waals surface area contributed by atoms with E-state index in [9.17, 15) is 14.7 Å². The molecule has 1 fully saturated rings. The van der Waals surface area contributed by atoms with Crippen LogP contribution in [-0.2, 0) is 9.59 Å². The van der Waals surface area contributed by atoms with E-state index in [1.807, 2.05) is 14.1 Å². The summed E-state index contributed by atoms with van der Waals surface area (Å²) >= 11 is 0. The number of benzene rings is 1. The first-order valence-corrected chi connectivity index (χ1v) is 8.58. The van der Waals surface area contributed by atoms with E-state index >= 15 is 0 Å². The molecule has 3 rings (SSSR count). The van der Waals surface area contributed by atoms with Crippen molar-refractivity contribution in [3.8, 4) is 17.2 Å². The number of hydrogen-bond donors (Lipinski definition) is 1. The third-order valence-electron chi connectivity index (χ3n) is 4.78. The number of fused-ring (bicyclic) bond motifs is 2. The van der Waals surface area contributed by atoms with Crippen LogP contribution >= 0.6 is 0 Å². The first-order chi connectivity index (χ1) is 12.0. The van der Waals surface area contributed by atoms with Gasteiger partial charge in [0.25, 0.3) is 0 Å². The second-order valence-corrected chi connectivity index (χ2v) is 6.91. The van der Waals surface area contributed by atoms with Crippen LogP contribution in [0.3, 0.4) is 0 Å². The fourth-order valence-corrected chi connectivity index (χ4v) is 3.81. The molecular weight excluding hydrogens is 322 g/mol.